The van der Waals surface area contributed by atoms with E-state index in [1.807, 2.05) is 0 Å². The van der Waals surface area contributed by atoms with Gasteiger partial charge in [0.2, 0.25) is 0 Å². The van der Waals surface area contributed by atoms with Crippen LogP contribution in [0.1, 0.15) is 25.0 Å². The molecule has 0 bridgehead atoms. The van der Waals surface area contributed by atoms with Crippen molar-refractivity contribution in [1.29, 1.82) is 0 Å². The topological polar surface area (TPSA) is 12.5 Å². The van der Waals surface area contributed by atoms with Gasteiger partial charge in [0.05, 0.1) is 0 Å². The lowest BCUT2D eigenvalue weighted by Gasteiger charge is -2.29. The Bertz CT molecular complexity index is 2960. The molecular formula is C55H39NO. The van der Waals surface area contributed by atoms with Gasteiger partial charge in [0, 0.05) is 45.2 Å². The van der Waals surface area contributed by atoms with Gasteiger partial charge in [0.15, 0.2) is 0 Å². The molecule has 0 spiro atoms. The van der Waals surface area contributed by atoms with Crippen LogP contribution >= 0.6 is 0 Å². The molecule has 0 atom stereocenters. The van der Waals surface area contributed by atoms with E-state index in [1.165, 1.54) is 55.3 Å². The minimum absolute atomic E-state index is 0.153. The fraction of sp³-hybridized carbons (Fsp3) is 0.0545. The first-order chi connectivity index (χ1) is 28.0. The Labute approximate surface area is 333 Å². The van der Waals surface area contributed by atoms with E-state index in [9.17, 15) is 0 Å². The zero-order valence-corrected chi connectivity index (χ0v) is 31.9. The third-order valence-electron chi connectivity index (χ3n) is 12.0. The number of anilines is 3. The van der Waals surface area contributed by atoms with E-state index >= 15 is 0 Å². The van der Waals surface area contributed by atoms with Gasteiger partial charge in [-0.3, -0.25) is 0 Å². The molecule has 0 saturated carbocycles. The van der Waals surface area contributed by atoms with Crippen molar-refractivity contribution in [2.24, 2.45) is 0 Å². The second kappa shape index (κ2) is 13.0. The molecule has 2 nitrogen and oxygen atoms in total. The molecule has 1 aliphatic carbocycles. The van der Waals surface area contributed by atoms with Crippen molar-refractivity contribution in [3.63, 3.8) is 0 Å². The SMILES string of the molecule is CC1(C)c2ccccc2-c2ccc(N(c3cc(-c4ccccc4)cc(-c4ccccc4)c3)c3ccc4c(c3)Oc3ccccc3-c3ccc5ccccc5c3-4)cc21. The van der Waals surface area contributed by atoms with Crippen molar-refractivity contribution in [1.82, 2.24) is 0 Å². The largest absolute Gasteiger partial charge is 0.456 e. The van der Waals surface area contributed by atoms with Crippen LogP contribution in [0.3, 0.4) is 0 Å². The number of fused-ring (bicyclic) bond motifs is 10. The average molecular weight is 730 g/mol. The van der Waals surface area contributed by atoms with Gasteiger partial charge in [-0.1, -0.05) is 159 Å². The second-order valence-corrected chi connectivity index (χ2v) is 15.7. The summed E-state index contributed by atoms with van der Waals surface area (Å²) >= 11 is 0. The number of para-hydroxylation sites is 1. The molecule has 0 saturated heterocycles. The summed E-state index contributed by atoms with van der Waals surface area (Å²) in [6, 6.07) is 72.6. The lowest BCUT2D eigenvalue weighted by Crippen LogP contribution is -2.16. The van der Waals surface area contributed by atoms with Crippen LogP contribution in [0.2, 0.25) is 0 Å². The zero-order chi connectivity index (χ0) is 38.1. The Hall–Kier alpha value is -7.16. The molecule has 0 N–H and O–H groups in total. The van der Waals surface area contributed by atoms with Crippen LogP contribution in [-0.4, -0.2) is 0 Å². The maximum Gasteiger partial charge on any atom is 0.137 e. The first-order valence-electron chi connectivity index (χ1n) is 19.8. The van der Waals surface area contributed by atoms with E-state index in [0.29, 0.717) is 0 Å². The summed E-state index contributed by atoms with van der Waals surface area (Å²) in [4.78, 5) is 2.42. The molecule has 2 aliphatic rings. The number of hydrogen-bond donors (Lipinski definition) is 0. The van der Waals surface area contributed by atoms with Crippen LogP contribution < -0.4 is 9.64 Å². The lowest BCUT2D eigenvalue weighted by atomic mass is 9.82. The molecule has 0 fully saturated rings. The molecule has 0 aromatic heterocycles. The maximum atomic E-state index is 7.01. The molecule has 0 radical (unpaired) electrons. The number of hydrogen-bond acceptors (Lipinski definition) is 2. The van der Waals surface area contributed by atoms with Gasteiger partial charge in [-0.25, -0.2) is 0 Å². The highest BCUT2D eigenvalue weighted by Gasteiger charge is 2.36. The summed E-state index contributed by atoms with van der Waals surface area (Å²) in [5.74, 6) is 1.68. The summed E-state index contributed by atoms with van der Waals surface area (Å²) < 4.78 is 7.01. The molecule has 270 valence electrons. The quantitative estimate of drug-likeness (QED) is 0.175. The third kappa shape index (κ3) is 5.40. The first kappa shape index (κ1) is 33.2. The third-order valence-corrected chi connectivity index (χ3v) is 12.0. The van der Waals surface area contributed by atoms with E-state index in [0.717, 1.165) is 50.8 Å². The standard InChI is InChI=1S/C55H39NO/c1-55(2)50-23-13-11-21-45(50)46-29-26-41(34-51(46)55)56(43-32-39(36-15-5-3-6-16-36)31-40(33-43)37-17-7-4-8-18-37)42-27-30-49-53(35-42)57-52-24-14-12-22-47(52)48-28-25-38-19-9-10-20-44(38)54(48)49/h3-35H,1-2H3. The van der Waals surface area contributed by atoms with Gasteiger partial charge in [-0.2, -0.15) is 0 Å². The zero-order valence-electron chi connectivity index (χ0n) is 31.9. The summed E-state index contributed by atoms with van der Waals surface area (Å²) in [6.45, 7) is 4.70. The van der Waals surface area contributed by atoms with Crippen LogP contribution in [0.25, 0.3) is 66.4 Å². The molecule has 0 amide bonds. The Morgan fingerprint density at radius 1 is 0.368 bits per heavy atom. The monoisotopic (exact) mass is 729 g/mol. The van der Waals surface area contributed by atoms with E-state index < -0.39 is 0 Å². The van der Waals surface area contributed by atoms with E-state index in [4.69, 9.17) is 4.74 Å². The van der Waals surface area contributed by atoms with Crippen molar-refractivity contribution in [3.8, 4) is 67.1 Å². The Balaban J connectivity index is 1.17. The molecule has 9 aromatic carbocycles. The number of benzene rings is 9. The first-order valence-corrected chi connectivity index (χ1v) is 19.8. The highest BCUT2D eigenvalue weighted by Crippen LogP contribution is 2.53. The molecule has 1 heterocycles. The summed E-state index contributed by atoms with van der Waals surface area (Å²) in [7, 11) is 0. The van der Waals surface area contributed by atoms with Crippen LogP contribution in [0, 0.1) is 0 Å². The van der Waals surface area contributed by atoms with Gasteiger partial charge in [0.1, 0.15) is 11.5 Å². The fourth-order valence-electron chi connectivity index (χ4n) is 9.24. The minimum Gasteiger partial charge on any atom is -0.456 e. The van der Waals surface area contributed by atoms with Crippen molar-refractivity contribution in [3.05, 3.63) is 211 Å². The molecule has 57 heavy (non-hydrogen) atoms. The minimum atomic E-state index is -0.153. The smallest absolute Gasteiger partial charge is 0.137 e. The summed E-state index contributed by atoms with van der Waals surface area (Å²) in [6.07, 6.45) is 0. The van der Waals surface area contributed by atoms with Gasteiger partial charge in [-0.05, 0) is 109 Å². The maximum absolute atomic E-state index is 7.01. The van der Waals surface area contributed by atoms with E-state index in [-0.39, 0.29) is 5.41 Å². The average Bonchev–Trinajstić information content (AvgIpc) is 3.39. The van der Waals surface area contributed by atoms with Gasteiger partial charge >= 0.3 is 0 Å². The molecular weight excluding hydrogens is 691 g/mol. The predicted molar refractivity (Wildman–Crippen MR) is 238 cm³/mol. The van der Waals surface area contributed by atoms with E-state index in [1.54, 1.807) is 0 Å². The number of ether oxygens (including phenoxy) is 1. The van der Waals surface area contributed by atoms with Crippen molar-refractivity contribution < 1.29 is 4.74 Å². The normalized spacial score (nSPS) is 13.0. The highest BCUT2D eigenvalue weighted by atomic mass is 16.5. The van der Waals surface area contributed by atoms with E-state index in [2.05, 4.69) is 219 Å². The van der Waals surface area contributed by atoms with Crippen LogP contribution in [-0.2, 0) is 5.41 Å². The van der Waals surface area contributed by atoms with Crippen molar-refractivity contribution in [2.75, 3.05) is 4.90 Å². The Morgan fingerprint density at radius 3 is 1.70 bits per heavy atom. The predicted octanol–water partition coefficient (Wildman–Crippen LogP) is 15.4. The van der Waals surface area contributed by atoms with Gasteiger partial charge < -0.3 is 9.64 Å². The van der Waals surface area contributed by atoms with Crippen LogP contribution in [0.5, 0.6) is 11.5 Å². The highest BCUT2D eigenvalue weighted by molar-refractivity contribution is 6.07. The summed E-state index contributed by atoms with van der Waals surface area (Å²) in [5, 5.41) is 2.42. The second-order valence-electron chi connectivity index (χ2n) is 15.7. The molecule has 0 unspecified atom stereocenters. The Kier molecular flexibility index (Phi) is 7.55. The van der Waals surface area contributed by atoms with Crippen LogP contribution in [0.4, 0.5) is 17.1 Å². The number of nitrogens with zero attached hydrogens (tertiary/aromatic N) is 1. The summed E-state index contributed by atoms with van der Waals surface area (Å²) in [5.41, 5.74) is 17.6. The molecule has 1 aliphatic heterocycles. The number of rotatable bonds is 5. The fourth-order valence-corrected chi connectivity index (χ4v) is 9.24. The van der Waals surface area contributed by atoms with Gasteiger partial charge in [0.25, 0.3) is 0 Å². The lowest BCUT2D eigenvalue weighted by molar-refractivity contribution is 0.488. The van der Waals surface area contributed by atoms with Gasteiger partial charge in [-0.15, -0.1) is 0 Å². The molecule has 2 heteroatoms. The van der Waals surface area contributed by atoms with Crippen molar-refractivity contribution in [2.45, 2.75) is 19.3 Å². The Morgan fingerprint density at radius 2 is 0.947 bits per heavy atom. The molecule has 9 aromatic rings. The van der Waals surface area contributed by atoms with Crippen molar-refractivity contribution >= 4 is 27.8 Å². The molecule has 11 rings (SSSR count). The van der Waals surface area contributed by atoms with Crippen LogP contribution in [0.15, 0.2) is 200 Å².